The van der Waals surface area contributed by atoms with Gasteiger partial charge in [0.1, 0.15) is 11.9 Å². The summed E-state index contributed by atoms with van der Waals surface area (Å²) in [6, 6.07) is 6.94. The Bertz CT molecular complexity index is 479. The molecule has 2 atom stereocenters. The van der Waals surface area contributed by atoms with Crippen LogP contribution in [-0.2, 0) is 4.79 Å². The highest BCUT2D eigenvalue weighted by Crippen LogP contribution is 2.26. The van der Waals surface area contributed by atoms with Crippen molar-refractivity contribution in [2.45, 2.75) is 32.4 Å². The van der Waals surface area contributed by atoms with Crippen LogP contribution in [0.25, 0.3) is 0 Å². The average molecular weight is 297 g/mol. The molecule has 2 N–H and O–H groups in total. The Morgan fingerprint density at radius 2 is 2.15 bits per heavy atom. The lowest BCUT2D eigenvalue weighted by atomic mass is 10.0. The molecule has 0 unspecified atom stereocenters. The third-order valence-electron chi connectivity index (χ3n) is 3.59. The Labute approximate surface area is 124 Å². The van der Waals surface area contributed by atoms with Gasteiger partial charge in [-0.15, -0.1) is 0 Å². The maximum absolute atomic E-state index is 12.2. The van der Waals surface area contributed by atoms with E-state index in [1.807, 2.05) is 32.0 Å². The predicted octanol–water partition coefficient (Wildman–Crippen LogP) is 2.30. The number of nitrogens with zero attached hydrogens (tertiary/aromatic N) is 1. The number of nitrogens with two attached hydrogens (primary N) is 1. The third kappa shape index (κ3) is 3.44. The predicted molar refractivity (Wildman–Crippen MR) is 79.9 cm³/mol. The molecule has 0 radical (unpaired) electrons. The van der Waals surface area contributed by atoms with Gasteiger partial charge < -0.3 is 15.4 Å². The molecule has 1 heterocycles. The van der Waals surface area contributed by atoms with Gasteiger partial charge in [-0.05, 0) is 18.1 Å². The quantitative estimate of drug-likeness (QED) is 0.927. The maximum Gasteiger partial charge on any atom is 0.239 e. The second-order valence-electron chi connectivity index (χ2n) is 5.51. The van der Waals surface area contributed by atoms with E-state index >= 15 is 0 Å². The molecule has 1 aromatic rings. The number of rotatable bonds is 4. The summed E-state index contributed by atoms with van der Waals surface area (Å²) in [6.45, 7) is 5.17. The van der Waals surface area contributed by atoms with Crippen LogP contribution in [0.4, 0.5) is 0 Å². The number of hydrogen-bond acceptors (Lipinski definition) is 3. The second-order valence-corrected chi connectivity index (χ2v) is 5.92. The molecule has 110 valence electrons. The summed E-state index contributed by atoms with van der Waals surface area (Å²) >= 11 is 6.07. The van der Waals surface area contributed by atoms with E-state index in [2.05, 4.69) is 0 Å². The van der Waals surface area contributed by atoms with Crippen LogP contribution in [0, 0.1) is 5.92 Å². The molecule has 4 nitrogen and oxygen atoms in total. The Hall–Kier alpha value is -1.26. The largest absolute Gasteiger partial charge is 0.487 e. The number of hydrogen-bond donors (Lipinski definition) is 1. The zero-order chi connectivity index (χ0) is 14.7. The number of carbonyl (C=O) groups is 1. The Balaban J connectivity index is 1.93. The van der Waals surface area contributed by atoms with Gasteiger partial charge in [-0.2, -0.15) is 0 Å². The van der Waals surface area contributed by atoms with Gasteiger partial charge in [-0.3, -0.25) is 4.79 Å². The second kappa shape index (κ2) is 6.46. The molecule has 20 heavy (non-hydrogen) atoms. The number of para-hydroxylation sites is 1. The fourth-order valence-corrected chi connectivity index (χ4v) is 2.42. The minimum absolute atomic E-state index is 0.00487. The van der Waals surface area contributed by atoms with Crippen LogP contribution in [0.5, 0.6) is 5.75 Å². The first kappa shape index (κ1) is 15.1. The van der Waals surface area contributed by atoms with Crippen molar-refractivity contribution in [2.24, 2.45) is 11.7 Å². The zero-order valence-corrected chi connectivity index (χ0v) is 12.6. The lowest BCUT2D eigenvalue weighted by Gasteiger charge is -2.23. The van der Waals surface area contributed by atoms with Gasteiger partial charge in [0.2, 0.25) is 5.91 Å². The minimum Gasteiger partial charge on any atom is -0.487 e. The van der Waals surface area contributed by atoms with Gasteiger partial charge in [0.05, 0.1) is 17.6 Å². The van der Waals surface area contributed by atoms with Crippen molar-refractivity contribution >= 4 is 17.5 Å². The van der Waals surface area contributed by atoms with Crippen molar-refractivity contribution in [2.75, 3.05) is 13.1 Å². The maximum atomic E-state index is 12.2. The Kier molecular flexibility index (Phi) is 4.89. The number of halogens is 1. The van der Waals surface area contributed by atoms with Crippen LogP contribution in [0.15, 0.2) is 24.3 Å². The average Bonchev–Trinajstić information content (AvgIpc) is 2.88. The first-order chi connectivity index (χ1) is 9.49. The number of benzene rings is 1. The van der Waals surface area contributed by atoms with E-state index in [9.17, 15) is 4.79 Å². The van der Waals surface area contributed by atoms with E-state index < -0.39 is 6.04 Å². The van der Waals surface area contributed by atoms with Crippen LogP contribution in [0.2, 0.25) is 5.02 Å². The minimum atomic E-state index is -0.436. The van der Waals surface area contributed by atoms with Gasteiger partial charge in [-0.1, -0.05) is 37.6 Å². The SMILES string of the molecule is CC(C)[C@H](N)C(=O)N1CC[C@@H](Oc2ccccc2Cl)C1. The Morgan fingerprint density at radius 1 is 1.45 bits per heavy atom. The molecule has 0 aliphatic carbocycles. The van der Waals surface area contributed by atoms with Crippen LogP contribution in [-0.4, -0.2) is 36.0 Å². The Morgan fingerprint density at radius 3 is 2.80 bits per heavy atom. The van der Waals surface area contributed by atoms with Crippen LogP contribution in [0.1, 0.15) is 20.3 Å². The summed E-state index contributed by atoms with van der Waals surface area (Å²) in [7, 11) is 0. The summed E-state index contributed by atoms with van der Waals surface area (Å²) < 4.78 is 5.86. The standard InChI is InChI=1S/C15H21ClN2O2/c1-10(2)14(17)15(19)18-8-7-11(9-18)20-13-6-4-3-5-12(13)16/h3-6,10-11,14H,7-9,17H2,1-2H3/t11-,14+/m1/s1. The van der Waals surface area contributed by atoms with Crippen LogP contribution < -0.4 is 10.5 Å². The topological polar surface area (TPSA) is 55.6 Å². The van der Waals surface area contributed by atoms with E-state index in [0.717, 1.165) is 6.42 Å². The first-order valence-electron chi connectivity index (χ1n) is 6.94. The molecule has 0 spiro atoms. The van der Waals surface area contributed by atoms with Crippen LogP contribution >= 0.6 is 11.6 Å². The normalized spacial score (nSPS) is 20.2. The molecule has 0 bridgehead atoms. The molecule has 1 aliphatic heterocycles. The van der Waals surface area contributed by atoms with Gasteiger partial charge in [-0.25, -0.2) is 0 Å². The highest BCUT2D eigenvalue weighted by molar-refractivity contribution is 6.32. The van der Waals surface area contributed by atoms with Gasteiger partial charge in [0, 0.05) is 13.0 Å². The van der Waals surface area contributed by atoms with Crippen molar-refractivity contribution in [3.8, 4) is 5.75 Å². The van der Waals surface area contributed by atoms with E-state index in [1.165, 1.54) is 0 Å². The summed E-state index contributed by atoms with van der Waals surface area (Å²) in [5, 5.41) is 0.594. The van der Waals surface area contributed by atoms with Crippen LogP contribution in [0.3, 0.4) is 0 Å². The monoisotopic (exact) mass is 296 g/mol. The van der Waals surface area contributed by atoms with Gasteiger partial charge in [0.15, 0.2) is 0 Å². The summed E-state index contributed by atoms with van der Waals surface area (Å²) in [6.07, 6.45) is 0.792. The number of likely N-dealkylation sites (tertiary alicyclic amines) is 1. The molecule has 0 aromatic heterocycles. The van der Waals surface area contributed by atoms with E-state index in [1.54, 1.807) is 11.0 Å². The van der Waals surface area contributed by atoms with Crippen molar-refractivity contribution in [1.29, 1.82) is 0 Å². The summed E-state index contributed by atoms with van der Waals surface area (Å²) in [5.74, 6) is 0.818. The molecule has 1 amide bonds. The van der Waals surface area contributed by atoms with Crippen molar-refractivity contribution in [3.05, 3.63) is 29.3 Å². The van der Waals surface area contributed by atoms with E-state index in [-0.39, 0.29) is 17.9 Å². The molecule has 5 heteroatoms. The van der Waals surface area contributed by atoms with E-state index in [4.69, 9.17) is 22.1 Å². The highest BCUT2D eigenvalue weighted by atomic mass is 35.5. The molecule has 1 aliphatic rings. The fraction of sp³-hybridized carbons (Fsp3) is 0.533. The molecule has 0 saturated carbocycles. The molecular weight excluding hydrogens is 276 g/mol. The summed E-state index contributed by atoms with van der Waals surface area (Å²) in [4.78, 5) is 14.0. The summed E-state index contributed by atoms with van der Waals surface area (Å²) in [5.41, 5.74) is 5.91. The van der Waals surface area contributed by atoms with Crippen molar-refractivity contribution in [3.63, 3.8) is 0 Å². The smallest absolute Gasteiger partial charge is 0.239 e. The lowest BCUT2D eigenvalue weighted by molar-refractivity contribution is -0.132. The molecule has 1 fully saturated rings. The number of amides is 1. The first-order valence-corrected chi connectivity index (χ1v) is 7.32. The lowest BCUT2D eigenvalue weighted by Crippen LogP contribution is -2.46. The fourth-order valence-electron chi connectivity index (χ4n) is 2.24. The number of carbonyl (C=O) groups excluding carboxylic acids is 1. The molecule has 1 saturated heterocycles. The third-order valence-corrected chi connectivity index (χ3v) is 3.90. The zero-order valence-electron chi connectivity index (χ0n) is 11.9. The number of ether oxygens (including phenoxy) is 1. The van der Waals surface area contributed by atoms with Crippen molar-refractivity contribution in [1.82, 2.24) is 4.90 Å². The highest BCUT2D eigenvalue weighted by Gasteiger charge is 2.31. The van der Waals surface area contributed by atoms with Gasteiger partial charge >= 0.3 is 0 Å². The molecule has 2 rings (SSSR count). The van der Waals surface area contributed by atoms with Crippen molar-refractivity contribution < 1.29 is 9.53 Å². The van der Waals surface area contributed by atoms with E-state index in [0.29, 0.717) is 23.9 Å². The van der Waals surface area contributed by atoms with Gasteiger partial charge in [0.25, 0.3) is 0 Å². The molecule has 1 aromatic carbocycles. The molecular formula is C15H21ClN2O2.